The van der Waals surface area contributed by atoms with Crippen LogP contribution in [-0.4, -0.2) is 28.6 Å². The van der Waals surface area contributed by atoms with Gasteiger partial charge in [-0.15, -0.1) is 11.8 Å². The molecule has 0 unspecified atom stereocenters. The lowest BCUT2D eigenvalue weighted by atomic mass is 10.2. The third-order valence-corrected chi connectivity index (χ3v) is 5.31. The summed E-state index contributed by atoms with van der Waals surface area (Å²) in [5, 5.41) is 7.19. The molecule has 0 aliphatic rings. The Bertz CT molecular complexity index is 1010. The lowest BCUT2D eigenvalue weighted by Gasteiger charge is -2.10. The first-order chi connectivity index (χ1) is 14.0. The van der Waals surface area contributed by atoms with Gasteiger partial charge in [-0.3, -0.25) is 4.79 Å². The van der Waals surface area contributed by atoms with E-state index < -0.39 is 11.9 Å². The number of amides is 1. The quantitative estimate of drug-likeness (QED) is 0.462. The highest BCUT2D eigenvalue weighted by Gasteiger charge is 2.18. The van der Waals surface area contributed by atoms with E-state index in [9.17, 15) is 9.59 Å². The average molecular weight is 411 g/mol. The summed E-state index contributed by atoms with van der Waals surface area (Å²) < 4.78 is 10.4. The summed E-state index contributed by atoms with van der Waals surface area (Å²) in [7, 11) is 0. The summed E-state index contributed by atoms with van der Waals surface area (Å²) in [5.74, 6) is 0.301. The Balaban J connectivity index is 1.61. The maximum Gasteiger partial charge on any atom is 0.341 e. The van der Waals surface area contributed by atoms with E-state index in [1.54, 1.807) is 24.4 Å². The van der Waals surface area contributed by atoms with Crippen molar-refractivity contribution in [3.8, 4) is 0 Å². The molecule has 1 N–H and O–H groups in total. The first-order valence-electron chi connectivity index (χ1n) is 8.98. The molecule has 2 aromatic heterocycles. The minimum atomic E-state index is -0.598. The molecule has 7 nitrogen and oxygen atoms in total. The lowest BCUT2D eigenvalue weighted by molar-refractivity contribution is -0.119. The Hall–Kier alpha value is -3.13. The minimum absolute atomic E-state index is 0.313. The molecule has 3 rings (SSSR count). The van der Waals surface area contributed by atoms with Gasteiger partial charge in [0.05, 0.1) is 11.3 Å². The summed E-state index contributed by atoms with van der Waals surface area (Å²) in [6.45, 7) is 5.22. The number of thioether (sulfide) groups is 1. The summed E-state index contributed by atoms with van der Waals surface area (Å²) in [5.41, 5.74) is 3.71. The predicted octanol–water partition coefficient (Wildman–Crippen LogP) is 4.08. The van der Waals surface area contributed by atoms with Gasteiger partial charge in [-0.25, -0.2) is 9.78 Å². The number of pyridine rings is 1. The minimum Gasteiger partial charge on any atom is -0.452 e. The molecular weight excluding hydrogens is 390 g/mol. The number of esters is 1. The van der Waals surface area contributed by atoms with Crippen LogP contribution in [0.5, 0.6) is 0 Å². The Morgan fingerprint density at radius 1 is 1.14 bits per heavy atom. The normalized spacial score (nSPS) is 10.6. The zero-order valence-electron chi connectivity index (χ0n) is 16.4. The molecule has 1 aromatic carbocycles. The van der Waals surface area contributed by atoms with Gasteiger partial charge >= 0.3 is 5.97 Å². The van der Waals surface area contributed by atoms with Crippen LogP contribution in [0.1, 0.15) is 32.9 Å². The fraction of sp³-hybridized carbons (Fsp3) is 0.238. The Kier molecular flexibility index (Phi) is 6.66. The fourth-order valence-corrected chi connectivity index (χ4v) is 3.75. The number of ether oxygens (including phenoxy) is 1. The zero-order chi connectivity index (χ0) is 20.8. The monoisotopic (exact) mass is 411 g/mol. The second kappa shape index (κ2) is 9.38. The van der Waals surface area contributed by atoms with Crippen LogP contribution in [0.25, 0.3) is 0 Å². The molecule has 8 heteroatoms. The molecule has 2 heterocycles. The molecule has 0 spiro atoms. The summed E-state index contributed by atoms with van der Waals surface area (Å²) in [6, 6.07) is 10.7. The summed E-state index contributed by atoms with van der Waals surface area (Å²) >= 11 is 1.39. The third kappa shape index (κ3) is 5.23. The van der Waals surface area contributed by atoms with Crippen molar-refractivity contribution in [3.63, 3.8) is 0 Å². The van der Waals surface area contributed by atoms with Gasteiger partial charge in [0.25, 0.3) is 5.91 Å². The standard InChI is InChI=1S/C21H21N3O4S/c1-13-7-4-5-9-18(13)23-19(25)11-27-21(26)16-8-6-10-22-20(16)29-12-17-14(2)24-28-15(17)3/h4-10H,11-12H2,1-3H3,(H,23,25). The van der Waals surface area contributed by atoms with E-state index in [1.165, 1.54) is 11.8 Å². The Morgan fingerprint density at radius 2 is 1.93 bits per heavy atom. The number of rotatable bonds is 7. The number of benzene rings is 1. The van der Waals surface area contributed by atoms with E-state index in [2.05, 4.69) is 15.5 Å². The van der Waals surface area contributed by atoms with Crippen LogP contribution in [0, 0.1) is 20.8 Å². The van der Waals surface area contributed by atoms with Crippen molar-refractivity contribution in [2.75, 3.05) is 11.9 Å². The van der Waals surface area contributed by atoms with E-state index in [4.69, 9.17) is 9.26 Å². The van der Waals surface area contributed by atoms with Crippen LogP contribution in [0.4, 0.5) is 5.69 Å². The topological polar surface area (TPSA) is 94.3 Å². The van der Waals surface area contributed by atoms with Crippen molar-refractivity contribution >= 4 is 29.3 Å². The van der Waals surface area contributed by atoms with Gasteiger partial charge < -0.3 is 14.6 Å². The van der Waals surface area contributed by atoms with Crippen molar-refractivity contribution in [3.05, 3.63) is 70.7 Å². The van der Waals surface area contributed by atoms with Gasteiger partial charge in [0, 0.05) is 23.2 Å². The Morgan fingerprint density at radius 3 is 2.66 bits per heavy atom. The molecule has 0 radical (unpaired) electrons. The van der Waals surface area contributed by atoms with E-state index in [0.717, 1.165) is 22.6 Å². The molecule has 0 aliphatic heterocycles. The number of nitrogens with one attached hydrogen (secondary N) is 1. The maximum absolute atomic E-state index is 12.5. The van der Waals surface area contributed by atoms with Crippen LogP contribution < -0.4 is 5.32 Å². The first-order valence-corrected chi connectivity index (χ1v) is 9.96. The van der Waals surface area contributed by atoms with Crippen LogP contribution >= 0.6 is 11.8 Å². The van der Waals surface area contributed by atoms with E-state index in [-0.39, 0.29) is 6.61 Å². The van der Waals surface area contributed by atoms with Crippen LogP contribution in [0.15, 0.2) is 52.1 Å². The molecule has 0 bridgehead atoms. The number of carbonyl (C=O) groups is 2. The Labute approximate surface area is 172 Å². The zero-order valence-corrected chi connectivity index (χ0v) is 17.2. The smallest absolute Gasteiger partial charge is 0.341 e. The number of aryl methyl sites for hydroxylation is 3. The number of anilines is 1. The molecule has 3 aromatic rings. The molecule has 0 aliphatic carbocycles. The molecule has 29 heavy (non-hydrogen) atoms. The van der Waals surface area contributed by atoms with Gasteiger partial charge in [-0.05, 0) is 44.5 Å². The third-order valence-electron chi connectivity index (χ3n) is 4.28. The van der Waals surface area contributed by atoms with Crippen molar-refractivity contribution in [1.29, 1.82) is 0 Å². The largest absolute Gasteiger partial charge is 0.452 e. The van der Waals surface area contributed by atoms with E-state index >= 15 is 0 Å². The summed E-state index contributed by atoms with van der Waals surface area (Å²) in [6.07, 6.45) is 1.61. The lowest BCUT2D eigenvalue weighted by Crippen LogP contribution is -2.21. The molecule has 150 valence electrons. The average Bonchev–Trinajstić information content (AvgIpc) is 3.04. The highest BCUT2D eigenvalue weighted by atomic mass is 32.2. The van der Waals surface area contributed by atoms with Crippen LogP contribution in [0.3, 0.4) is 0 Å². The SMILES string of the molecule is Cc1ccccc1NC(=O)COC(=O)c1cccnc1SCc1c(C)noc1C. The highest BCUT2D eigenvalue weighted by Crippen LogP contribution is 2.27. The predicted molar refractivity (Wildman–Crippen MR) is 110 cm³/mol. The molecular formula is C21H21N3O4S. The number of hydrogen-bond acceptors (Lipinski definition) is 7. The summed E-state index contributed by atoms with van der Waals surface area (Å²) in [4.78, 5) is 28.9. The van der Waals surface area contributed by atoms with Crippen molar-refractivity contribution in [2.45, 2.75) is 31.6 Å². The van der Waals surface area contributed by atoms with Gasteiger partial charge in [0.2, 0.25) is 0 Å². The second-order valence-electron chi connectivity index (χ2n) is 6.39. The van der Waals surface area contributed by atoms with Gasteiger partial charge in [-0.1, -0.05) is 23.4 Å². The van der Waals surface area contributed by atoms with E-state index in [0.29, 0.717) is 22.0 Å². The van der Waals surface area contributed by atoms with Crippen molar-refractivity contribution < 1.29 is 18.8 Å². The van der Waals surface area contributed by atoms with Crippen LogP contribution in [0.2, 0.25) is 0 Å². The molecule has 0 fully saturated rings. The van der Waals surface area contributed by atoms with E-state index in [1.807, 2.05) is 39.0 Å². The first kappa shape index (κ1) is 20.6. The van der Waals surface area contributed by atoms with Crippen molar-refractivity contribution in [1.82, 2.24) is 10.1 Å². The van der Waals surface area contributed by atoms with Gasteiger partial charge in [0.15, 0.2) is 6.61 Å². The molecule has 1 amide bonds. The molecule has 0 atom stereocenters. The molecule has 0 saturated carbocycles. The van der Waals surface area contributed by atoms with Gasteiger partial charge in [-0.2, -0.15) is 0 Å². The van der Waals surface area contributed by atoms with Crippen molar-refractivity contribution in [2.24, 2.45) is 0 Å². The number of hydrogen-bond donors (Lipinski definition) is 1. The second-order valence-corrected chi connectivity index (χ2v) is 7.35. The number of nitrogens with zero attached hydrogens (tertiary/aromatic N) is 2. The number of para-hydroxylation sites is 1. The highest BCUT2D eigenvalue weighted by molar-refractivity contribution is 7.98. The maximum atomic E-state index is 12.5. The fourth-order valence-electron chi connectivity index (χ4n) is 2.62. The number of carbonyl (C=O) groups excluding carboxylic acids is 2. The van der Waals surface area contributed by atoms with Gasteiger partial charge in [0.1, 0.15) is 10.8 Å². The molecule has 0 saturated heterocycles. The van der Waals surface area contributed by atoms with Crippen LogP contribution in [-0.2, 0) is 15.3 Å². The number of aromatic nitrogens is 2.